The minimum absolute atomic E-state index is 0.0525. The number of rotatable bonds is 2. The molecule has 1 amide bonds. The third-order valence-corrected chi connectivity index (χ3v) is 2.55. The Morgan fingerprint density at radius 3 is 2.88 bits per heavy atom. The van der Waals surface area contributed by atoms with E-state index in [4.69, 9.17) is 10.3 Å². The van der Waals surface area contributed by atoms with Gasteiger partial charge in [0.05, 0.1) is 13.2 Å². The van der Waals surface area contributed by atoms with Crippen LogP contribution in [0.3, 0.4) is 0 Å². The van der Waals surface area contributed by atoms with E-state index >= 15 is 0 Å². The molecule has 1 aromatic rings. The molecule has 17 heavy (non-hydrogen) atoms. The van der Waals surface area contributed by atoms with Crippen LogP contribution in [0.5, 0.6) is 0 Å². The van der Waals surface area contributed by atoms with Crippen molar-refractivity contribution < 1.29 is 9.53 Å². The molecule has 2 rings (SSSR count). The lowest BCUT2D eigenvalue weighted by molar-refractivity contribution is 0.0303. The molecule has 1 aliphatic heterocycles. The van der Waals surface area contributed by atoms with Crippen molar-refractivity contribution in [2.45, 2.75) is 0 Å². The number of ether oxygens (including phenoxy) is 1. The van der Waals surface area contributed by atoms with Crippen molar-refractivity contribution in [2.24, 2.45) is 5.11 Å². The van der Waals surface area contributed by atoms with Gasteiger partial charge in [0.2, 0.25) is 0 Å². The Kier molecular flexibility index (Phi) is 3.59. The normalized spacial score (nSPS) is 15.2. The fourth-order valence-electron chi connectivity index (χ4n) is 1.70. The van der Waals surface area contributed by atoms with Crippen molar-refractivity contribution in [3.8, 4) is 0 Å². The van der Waals surface area contributed by atoms with E-state index in [1.54, 1.807) is 29.2 Å². The third-order valence-electron chi connectivity index (χ3n) is 2.55. The van der Waals surface area contributed by atoms with Gasteiger partial charge in [0.25, 0.3) is 5.91 Å². The van der Waals surface area contributed by atoms with Crippen LogP contribution < -0.4 is 0 Å². The molecule has 88 valence electrons. The molecule has 0 unspecified atom stereocenters. The second kappa shape index (κ2) is 5.34. The summed E-state index contributed by atoms with van der Waals surface area (Å²) in [5.74, 6) is -0.0525. The van der Waals surface area contributed by atoms with Crippen LogP contribution in [-0.4, -0.2) is 37.1 Å². The Hall–Kier alpha value is -2.04. The molecule has 1 heterocycles. The number of benzene rings is 1. The lowest BCUT2D eigenvalue weighted by Gasteiger charge is -2.26. The highest BCUT2D eigenvalue weighted by Crippen LogP contribution is 2.16. The lowest BCUT2D eigenvalue weighted by Crippen LogP contribution is -2.40. The zero-order valence-corrected chi connectivity index (χ0v) is 9.24. The summed E-state index contributed by atoms with van der Waals surface area (Å²) in [5, 5.41) is 3.48. The molecule has 0 aliphatic carbocycles. The second-order valence-corrected chi connectivity index (χ2v) is 3.64. The highest BCUT2D eigenvalue weighted by Gasteiger charge is 2.18. The van der Waals surface area contributed by atoms with Crippen LogP contribution >= 0.6 is 0 Å². The number of carbonyl (C=O) groups excluding carboxylic acids is 1. The van der Waals surface area contributed by atoms with E-state index in [1.807, 2.05) is 0 Å². The monoisotopic (exact) mass is 232 g/mol. The number of hydrogen-bond donors (Lipinski definition) is 0. The summed E-state index contributed by atoms with van der Waals surface area (Å²) in [6.45, 7) is 2.35. The Bertz CT molecular complexity index is 462. The minimum Gasteiger partial charge on any atom is -0.378 e. The van der Waals surface area contributed by atoms with E-state index in [-0.39, 0.29) is 5.91 Å². The molecule has 1 aromatic carbocycles. The van der Waals surface area contributed by atoms with Crippen molar-refractivity contribution in [3.05, 3.63) is 40.3 Å². The molecule has 1 saturated heterocycles. The van der Waals surface area contributed by atoms with Gasteiger partial charge in [-0.1, -0.05) is 17.2 Å². The van der Waals surface area contributed by atoms with E-state index in [2.05, 4.69) is 10.0 Å². The highest BCUT2D eigenvalue weighted by atomic mass is 16.5. The second-order valence-electron chi connectivity index (χ2n) is 3.64. The summed E-state index contributed by atoms with van der Waals surface area (Å²) in [4.78, 5) is 16.5. The molecule has 1 fully saturated rings. The smallest absolute Gasteiger partial charge is 0.254 e. The van der Waals surface area contributed by atoms with Crippen LogP contribution in [0.4, 0.5) is 5.69 Å². The van der Waals surface area contributed by atoms with Crippen molar-refractivity contribution in [2.75, 3.05) is 26.3 Å². The number of nitrogens with zero attached hydrogens (tertiary/aromatic N) is 4. The summed E-state index contributed by atoms with van der Waals surface area (Å²) in [6, 6.07) is 6.68. The molecule has 0 bridgehead atoms. The molecule has 0 radical (unpaired) electrons. The SMILES string of the molecule is [N-]=[N+]=Nc1cccc(C(=O)N2CCOCC2)c1. The topological polar surface area (TPSA) is 78.3 Å². The average molecular weight is 232 g/mol. The molecule has 0 N–H and O–H groups in total. The summed E-state index contributed by atoms with van der Waals surface area (Å²) in [7, 11) is 0. The first kappa shape index (κ1) is 11.4. The summed E-state index contributed by atoms with van der Waals surface area (Å²) in [6.07, 6.45) is 0. The molecule has 1 aliphatic rings. The van der Waals surface area contributed by atoms with Gasteiger partial charge in [0.1, 0.15) is 0 Å². The lowest BCUT2D eigenvalue weighted by atomic mass is 10.1. The van der Waals surface area contributed by atoms with Crippen LogP contribution in [0.2, 0.25) is 0 Å². The predicted octanol–water partition coefficient (Wildman–Crippen LogP) is 2.10. The first-order valence-electron chi connectivity index (χ1n) is 5.33. The number of hydrogen-bond acceptors (Lipinski definition) is 3. The Morgan fingerprint density at radius 1 is 1.41 bits per heavy atom. The van der Waals surface area contributed by atoms with Gasteiger partial charge in [0, 0.05) is 29.3 Å². The summed E-state index contributed by atoms with van der Waals surface area (Å²) < 4.78 is 5.19. The fourth-order valence-corrected chi connectivity index (χ4v) is 1.70. The Morgan fingerprint density at radius 2 is 2.18 bits per heavy atom. The van der Waals surface area contributed by atoms with Gasteiger partial charge >= 0.3 is 0 Å². The quantitative estimate of drug-likeness (QED) is 0.444. The first-order chi connectivity index (χ1) is 8.31. The maximum Gasteiger partial charge on any atom is 0.254 e. The largest absolute Gasteiger partial charge is 0.378 e. The summed E-state index contributed by atoms with van der Waals surface area (Å²) in [5.41, 5.74) is 9.33. The van der Waals surface area contributed by atoms with Crippen LogP contribution in [-0.2, 0) is 4.74 Å². The Labute approximate surface area is 98.4 Å². The molecule has 0 saturated carbocycles. The molecule has 0 spiro atoms. The van der Waals surface area contributed by atoms with Crippen molar-refractivity contribution in [3.63, 3.8) is 0 Å². The standard InChI is InChI=1S/C11H12N4O2/c12-14-13-10-3-1-2-9(8-10)11(16)15-4-6-17-7-5-15/h1-3,8H,4-7H2. The average Bonchev–Trinajstić information content (AvgIpc) is 2.40. The molecule has 6 heteroatoms. The number of carbonyl (C=O) groups is 1. The van der Waals surface area contributed by atoms with E-state index in [0.29, 0.717) is 37.6 Å². The fraction of sp³-hybridized carbons (Fsp3) is 0.364. The van der Waals surface area contributed by atoms with E-state index in [1.165, 1.54) is 0 Å². The van der Waals surface area contributed by atoms with Crippen molar-refractivity contribution in [1.29, 1.82) is 0 Å². The summed E-state index contributed by atoms with van der Waals surface area (Å²) >= 11 is 0. The van der Waals surface area contributed by atoms with Gasteiger partial charge in [0.15, 0.2) is 0 Å². The highest BCUT2D eigenvalue weighted by molar-refractivity contribution is 5.95. The van der Waals surface area contributed by atoms with E-state index in [9.17, 15) is 4.79 Å². The molecule has 0 aromatic heterocycles. The van der Waals surface area contributed by atoms with Gasteiger partial charge < -0.3 is 9.64 Å². The predicted molar refractivity (Wildman–Crippen MR) is 62.0 cm³/mol. The van der Waals surface area contributed by atoms with E-state index < -0.39 is 0 Å². The third kappa shape index (κ3) is 2.75. The first-order valence-corrected chi connectivity index (χ1v) is 5.33. The van der Waals surface area contributed by atoms with Crippen LogP contribution in [0.15, 0.2) is 29.4 Å². The molecular weight excluding hydrogens is 220 g/mol. The van der Waals surface area contributed by atoms with Gasteiger partial charge in [-0.05, 0) is 17.7 Å². The van der Waals surface area contributed by atoms with Crippen molar-refractivity contribution >= 4 is 11.6 Å². The van der Waals surface area contributed by atoms with Gasteiger partial charge in [-0.2, -0.15) is 0 Å². The molecule has 0 atom stereocenters. The Balaban J connectivity index is 2.17. The maximum absolute atomic E-state index is 12.1. The van der Waals surface area contributed by atoms with Gasteiger partial charge in [-0.25, -0.2) is 0 Å². The molecule has 6 nitrogen and oxygen atoms in total. The maximum atomic E-state index is 12.1. The van der Waals surface area contributed by atoms with Crippen molar-refractivity contribution in [1.82, 2.24) is 4.90 Å². The van der Waals surface area contributed by atoms with Gasteiger partial charge in [-0.15, -0.1) is 0 Å². The number of morpholine rings is 1. The van der Waals surface area contributed by atoms with Crippen LogP contribution in [0.1, 0.15) is 10.4 Å². The van der Waals surface area contributed by atoms with Gasteiger partial charge in [-0.3, -0.25) is 4.79 Å². The molecular formula is C11H12N4O2. The zero-order valence-electron chi connectivity index (χ0n) is 9.24. The number of amides is 1. The minimum atomic E-state index is -0.0525. The van der Waals surface area contributed by atoms with Crippen LogP contribution in [0, 0.1) is 0 Å². The van der Waals surface area contributed by atoms with E-state index in [0.717, 1.165) is 0 Å². The number of azide groups is 1. The van der Waals surface area contributed by atoms with Crippen LogP contribution in [0.25, 0.3) is 10.4 Å². The zero-order chi connectivity index (χ0) is 12.1.